The van der Waals surface area contributed by atoms with Gasteiger partial charge in [-0.05, 0) is 45.1 Å². The Morgan fingerprint density at radius 1 is 1.28 bits per heavy atom. The highest BCUT2D eigenvalue weighted by Gasteiger charge is 2.05. The molecular weight excluding hydrogens is 228 g/mol. The van der Waals surface area contributed by atoms with Crippen LogP contribution in [0.2, 0.25) is 0 Å². The average molecular weight is 252 g/mol. The van der Waals surface area contributed by atoms with Crippen LogP contribution < -0.4 is 15.2 Å². The fourth-order valence-electron chi connectivity index (χ4n) is 1.72. The van der Waals surface area contributed by atoms with Crippen LogP contribution in [0.25, 0.3) is 0 Å². The quantitative estimate of drug-likeness (QED) is 0.713. The van der Waals surface area contributed by atoms with Crippen molar-refractivity contribution in [2.45, 2.75) is 12.8 Å². The molecule has 0 radical (unpaired) electrons. The zero-order valence-electron chi connectivity index (χ0n) is 11.6. The van der Waals surface area contributed by atoms with Crippen molar-refractivity contribution in [1.29, 1.82) is 0 Å². The third-order valence-electron chi connectivity index (χ3n) is 2.70. The molecule has 0 unspecified atom stereocenters. The number of nitrogens with two attached hydrogens (primary N) is 1. The molecule has 0 atom stereocenters. The van der Waals surface area contributed by atoms with E-state index in [0.717, 1.165) is 36.4 Å². The number of benzene rings is 1. The van der Waals surface area contributed by atoms with E-state index in [1.807, 2.05) is 18.2 Å². The second kappa shape index (κ2) is 7.95. The van der Waals surface area contributed by atoms with E-state index in [-0.39, 0.29) is 0 Å². The summed E-state index contributed by atoms with van der Waals surface area (Å²) in [6.45, 7) is 2.36. The van der Waals surface area contributed by atoms with Gasteiger partial charge in [0.15, 0.2) is 0 Å². The predicted molar refractivity (Wildman–Crippen MR) is 74.4 cm³/mol. The van der Waals surface area contributed by atoms with Gasteiger partial charge in [-0.2, -0.15) is 0 Å². The van der Waals surface area contributed by atoms with E-state index in [9.17, 15) is 0 Å². The highest BCUT2D eigenvalue weighted by atomic mass is 16.5. The minimum Gasteiger partial charge on any atom is -0.497 e. The molecule has 1 rings (SSSR count). The molecule has 0 amide bonds. The van der Waals surface area contributed by atoms with Crippen molar-refractivity contribution in [3.63, 3.8) is 0 Å². The van der Waals surface area contributed by atoms with Gasteiger partial charge in [-0.1, -0.05) is 6.07 Å². The molecule has 0 fully saturated rings. The van der Waals surface area contributed by atoms with Gasteiger partial charge in [0.25, 0.3) is 0 Å². The third kappa shape index (κ3) is 4.94. The fourth-order valence-corrected chi connectivity index (χ4v) is 1.72. The van der Waals surface area contributed by atoms with Gasteiger partial charge in [-0.15, -0.1) is 0 Å². The first-order chi connectivity index (χ1) is 8.67. The van der Waals surface area contributed by atoms with Crippen molar-refractivity contribution in [1.82, 2.24) is 4.90 Å². The van der Waals surface area contributed by atoms with Crippen LogP contribution in [0.15, 0.2) is 18.2 Å². The van der Waals surface area contributed by atoms with Gasteiger partial charge in [0.2, 0.25) is 0 Å². The van der Waals surface area contributed by atoms with Gasteiger partial charge in [-0.3, -0.25) is 0 Å². The lowest BCUT2D eigenvalue weighted by Crippen LogP contribution is -2.16. The second-order valence-electron chi connectivity index (χ2n) is 4.52. The van der Waals surface area contributed by atoms with E-state index >= 15 is 0 Å². The van der Waals surface area contributed by atoms with Gasteiger partial charge in [-0.25, -0.2) is 0 Å². The van der Waals surface area contributed by atoms with E-state index in [2.05, 4.69) is 19.0 Å². The smallest absolute Gasteiger partial charge is 0.126 e. The molecule has 1 aromatic rings. The number of hydrogen-bond acceptors (Lipinski definition) is 4. The van der Waals surface area contributed by atoms with E-state index in [1.54, 1.807) is 7.11 Å². The van der Waals surface area contributed by atoms with Crippen LogP contribution in [-0.4, -0.2) is 45.8 Å². The van der Waals surface area contributed by atoms with Crippen LogP contribution >= 0.6 is 0 Å². The number of ether oxygens (including phenoxy) is 2. The summed E-state index contributed by atoms with van der Waals surface area (Å²) in [5, 5.41) is 0. The molecule has 0 bridgehead atoms. The maximum atomic E-state index is 5.82. The van der Waals surface area contributed by atoms with Crippen molar-refractivity contribution < 1.29 is 9.47 Å². The molecule has 0 aliphatic heterocycles. The van der Waals surface area contributed by atoms with Gasteiger partial charge in [0, 0.05) is 12.6 Å². The Bertz CT molecular complexity index is 354. The molecule has 18 heavy (non-hydrogen) atoms. The molecule has 0 aliphatic carbocycles. The predicted octanol–water partition coefficient (Wildman–Crippen LogP) is 1.53. The lowest BCUT2D eigenvalue weighted by molar-refractivity contribution is 0.278. The van der Waals surface area contributed by atoms with Crippen LogP contribution in [0.4, 0.5) is 0 Å². The van der Waals surface area contributed by atoms with Crippen LogP contribution in [0.5, 0.6) is 11.5 Å². The highest BCUT2D eigenvalue weighted by Crippen LogP contribution is 2.25. The van der Waals surface area contributed by atoms with Crippen molar-refractivity contribution >= 4 is 0 Å². The van der Waals surface area contributed by atoms with E-state index in [1.165, 1.54) is 0 Å². The summed E-state index contributed by atoms with van der Waals surface area (Å²) in [4.78, 5) is 2.15. The molecule has 0 spiro atoms. The van der Waals surface area contributed by atoms with Crippen LogP contribution in [-0.2, 0) is 6.42 Å². The van der Waals surface area contributed by atoms with Gasteiger partial charge >= 0.3 is 0 Å². The lowest BCUT2D eigenvalue weighted by atomic mass is 10.1. The molecule has 1 aromatic carbocycles. The molecule has 4 nitrogen and oxygen atoms in total. The third-order valence-corrected chi connectivity index (χ3v) is 2.70. The normalized spacial score (nSPS) is 10.7. The van der Waals surface area contributed by atoms with Crippen LogP contribution in [0.3, 0.4) is 0 Å². The largest absolute Gasteiger partial charge is 0.497 e. The summed E-state index contributed by atoms with van der Waals surface area (Å²) < 4.78 is 11.0. The molecule has 0 aliphatic rings. The fraction of sp³-hybridized carbons (Fsp3) is 0.571. The van der Waals surface area contributed by atoms with Crippen molar-refractivity contribution in [3.05, 3.63) is 23.8 Å². The number of rotatable bonds is 8. The SMILES string of the molecule is COc1ccc(CCN)c(OCCCN(C)C)c1. The Morgan fingerprint density at radius 2 is 2.06 bits per heavy atom. The van der Waals surface area contributed by atoms with Gasteiger partial charge < -0.3 is 20.1 Å². The van der Waals surface area contributed by atoms with Crippen molar-refractivity contribution in [3.8, 4) is 11.5 Å². The highest BCUT2D eigenvalue weighted by molar-refractivity contribution is 5.40. The summed E-state index contributed by atoms with van der Waals surface area (Å²) in [7, 11) is 5.78. The maximum absolute atomic E-state index is 5.82. The summed E-state index contributed by atoms with van der Waals surface area (Å²) >= 11 is 0. The number of methoxy groups -OCH3 is 1. The Labute approximate surface area is 110 Å². The molecule has 2 N–H and O–H groups in total. The molecule has 4 heteroatoms. The Balaban J connectivity index is 2.59. The Kier molecular flexibility index (Phi) is 6.54. The molecule has 0 heterocycles. The van der Waals surface area contributed by atoms with Gasteiger partial charge in [0.05, 0.1) is 13.7 Å². The average Bonchev–Trinajstić information content (AvgIpc) is 2.36. The Hall–Kier alpha value is -1.26. The monoisotopic (exact) mass is 252 g/mol. The van der Waals surface area contributed by atoms with Gasteiger partial charge in [0.1, 0.15) is 11.5 Å². The standard InChI is InChI=1S/C14H24N2O2/c1-16(2)9-4-10-18-14-11-13(17-3)6-5-12(14)7-8-15/h5-6,11H,4,7-10,15H2,1-3H3. The molecule has 0 saturated heterocycles. The Morgan fingerprint density at radius 3 is 2.67 bits per heavy atom. The zero-order valence-corrected chi connectivity index (χ0v) is 11.6. The van der Waals surface area contributed by atoms with E-state index in [4.69, 9.17) is 15.2 Å². The van der Waals surface area contributed by atoms with Crippen molar-refractivity contribution in [2.24, 2.45) is 5.73 Å². The first kappa shape index (κ1) is 14.8. The second-order valence-corrected chi connectivity index (χ2v) is 4.52. The van der Waals surface area contributed by atoms with E-state index < -0.39 is 0 Å². The minimum atomic E-state index is 0.625. The first-order valence-corrected chi connectivity index (χ1v) is 6.32. The topological polar surface area (TPSA) is 47.7 Å². The summed E-state index contributed by atoms with van der Waals surface area (Å²) in [5.74, 6) is 1.71. The number of hydrogen-bond donors (Lipinski definition) is 1. The van der Waals surface area contributed by atoms with Crippen molar-refractivity contribution in [2.75, 3.05) is 40.9 Å². The molecule has 102 valence electrons. The summed E-state index contributed by atoms with van der Waals surface area (Å²) in [6, 6.07) is 5.89. The summed E-state index contributed by atoms with van der Waals surface area (Å²) in [6.07, 6.45) is 1.83. The number of nitrogens with zero attached hydrogens (tertiary/aromatic N) is 1. The van der Waals surface area contributed by atoms with E-state index in [0.29, 0.717) is 13.2 Å². The lowest BCUT2D eigenvalue weighted by Gasteiger charge is -2.14. The van der Waals surface area contributed by atoms with Crippen LogP contribution in [0.1, 0.15) is 12.0 Å². The molecular formula is C14H24N2O2. The summed E-state index contributed by atoms with van der Waals surface area (Å²) in [5.41, 5.74) is 6.74. The first-order valence-electron chi connectivity index (χ1n) is 6.32. The van der Waals surface area contributed by atoms with Crippen LogP contribution in [0, 0.1) is 0 Å². The minimum absolute atomic E-state index is 0.625. The zero-order chi connectivity index (χ0) is 13.4. The molecule has 0 aromatic heterocycles. The molecule has 0 saturated carbocycles. The maximum Gasteiger partial charge on any atom is 0.126 e.